The number of aromatic nitrogens is 4. The summed E-state index contributed by atoms with van der Waals surface area (Å²) in [5, 5.41) is 7.56. The van der Waals surface area contributed by atoms with E-state index in [0.29, 0.717) is 5.56 Å². The molecule has 1 amide bonds. The number of carbonyl (C=O) groups excluding carboxylic acids is 1. The van der Waals surface area contributed by atoms with Gasteiger partial charge in [0.15, 0.2) is 0 Å². The smallest absolute Gasteiger partial charge is 0.251 e. The van der Waals surface area contributed by atoms with E-state index >= 15 is 0 Å². The Bertz CT molecular complexity index is 1170. The minimum absolute atomic E-state index is 0.100. The van der Waals surface area contributed by atoms with Gasteiger partial charge in [0.25, 0.3) is 5.91 Å². The lowest BCUT2D eigenvalue weighted by Crippen LogP contribution is -2.26. The molecule has 0 bridgehead atoms. The van der Waals surface area contributed by atoms with Crippen LogP contribution < -0.4 is 5.32 Å². The van der Waals surface area contributed by atoms with Crippen molar-refractivity contribution in [2.45, 2.75) is 33.7 Å². The average molecular weight is 399 g/mol. The van der Waals surface area contributed by atoms with Crippen LogP contribution in [-0.2, 0) is 0 Å². The lowest BCUT2D eigenvalue weighted by Gasteiger charge is -2.15. The summed E-state index contributed by atoms with van der Waals surface area (Å²) in [5.74, 6) is 0.838. The molecule has 1 N–H and O–H groups in total. The molecule has 0 fully saturated rings. The van der Waals surface area contributed by atoms with E-state index < -0.39 is 0 Å². The van der Waals surface area contributed by atoms with Crippen molar-refractivity contribution in [2.24, 2.45) is 0 Å². The van der Waals surface area contributed by atoms with Crippen LogP contribution in [0.15, 0.2) is 67.0 Å². The Morgan fingerprint density at radius 3 is 2.20 bits per heavy atom. The summed E-state index contributed by atoms with van der Waals surface area (Å²) < 4.78 is 3.90. The normalized spacial score (nSPS) is 12.0. The molecule has 2 heterocycles. The lowest BCUT2D eigenvalue weighted by molar-refractivity contribution is 0.0940. The third-order valence-corrected chi connectivity index (χ3v) is 5.23. The van der Waals surface area contributed by atoms with Crippen molar-refractivity contribution in [3.05, 3.63) is 95.3 Å². The molecule has 0 saturated carbocycles. The van der Waals surface area contributed by atoms with Crippen molar-refractivity contribution in [3.8, 4) is 11.4 Å². The summed E-state index contributed by atoms with van der Waals surface area (Å²) in [7, 11) is 0. The summed E-state index contributed by atoms with van der Waals surface area (Å²) in [5.41, 5.74) is 5.69. The third-order valence-electron chi connectivity index (χ3n) is 5.23. The molecule has 0 aliphatic heterocycles. The maximum atomic E-state index is 12.7. The fourth-order valence-corrected chi connectivity index (χ4v) is 3.58. The van der Waals surface area contributed by atoms with Crippen LogP contribution in [-0.4, -0.2) is 25.2 Å². The second-order valence-corrected chi connectivity index (χ2v) is 7.52. The molecule has 6 nitrogen and oxygen atoms in total. The standard InChI is InChI=1S/C24H25N5O/c1-16-15-17(2)29(27-16)23-11-7-21(8-12-23)24(30)26-18(3)20-5-9-22(10-6-20)28-14-13-25-19(28)4/h5-15,18H,1-4H3,(H,26,30). The van der Waals surface area contributed by atoms with Gasteiger partial charge in [-0.2, -0.15) is 5.10 Å². The zero-order chi connectivity index (χ0) is 21.3. The van der Waals surface area contributed by atoms with E-state index in [1.807, 2.05) is 97.7 Å². The Morgan fingerprint density at radius 2 is 1.63 bits per heavy atom. The molecule has 0 aliphatic rings. The number of hydrogen-bond acceptors (Lipinski definition) is 3. The highest BCUT2D eigenvalue weighted by molar-refractivity contribution is 5.94. The molecule has 30 heavy (non-hydrogen) atoms. The first-order valence-corrected chi connectivity index (χ1v) is 9.97. The van der Waals surface area contributed by atoms with Crippen LogP contribution in [0.25, 0.3) is 11.4 Å². The highest BCUT2D eigenvalue weighted by Crippen LogP contribution is 2.18. The molecular formula is C24H25N5O. The molecule has 0 aliphatic carbocycles. The van der Waals surface area contributed by atoms with Crippen molar-refractivity contribution < 1.29 is 4.79 Å². The van der Waals surface area contributed by atoms with E-state index in [-0.39, 0.29) is 11.9 Å². The van der Waals surface area contributed by atoms with Gasteiger partial charge in [0.2, 0.25) is 0 Å². The van der Waals surface area contributed by atoms with E-state index in [1.165, 1.54) is 0 Å². The molecule has 152 valence electrons. The number of imidazole rings is 1. The van der Waals surface area contributed by atoms with E-state index in [9.17, 15) is 4.79 Å². The molecule has 4 rings (SSSR count). The first-order valence-electron chi connectivity index (χ1n) is 9.97. The summed E-state index contributed by atoms with van der Waals surface area (Å²) in [6.45, 7) is 7.94. The van der Waals surface area contributed by atoms with Crippen LogP contribution in [0.5, 0.6) is 0 Å². The van der Waals surface area contributed by atoms with Crippen molar-refractivity contribution in [1.82, 2.24) is 24.6 Å². The molecule has 1 unspecified atom stereocenters. The van der Waals surface area contributed by atoms with E-state index in [2.05, 4.69) is 15.4 Å². The maximum absolute atomic E-state index is 12.7. The van der Waals surface area contributed by atoms with Gasteiger partial charge in [-0.1, -0.05) is 12.1 Å². The van der Waals surface area contributed by atoms with Gasteiger partial charge < -0.3 is 9.88 Å². The van der Waals surface area contributed by atoms with Gasteiger partial charge in [0, 0.05) is 29.3 Å². The Hall–Kier alpha value is -3.67. The summed E-state index contributed by atoms with van der Waals surface area (Å²) >= 11 is 0. The van der Waals surface area contributed by atoms with Crippen LogP contribution in [0.3, 0.4) is 0 Å². The molecule has 4 aromatic rings. The second kappa shape index (κ2) is 7.99. The monoisotopic (exact) mass is 399 g/mol. The zero-order valence-corrected chi connectivity index (χ0v) is 17.6. The molecule has 2 aromatic carbocycles. The summed E-state index contributed by atoms with van der Waals surface area (Å²) in [6, 6.07) is 17.6. The predicted octanol–water partition coefficient (Wildman–Crippen LogP) is 4.47. The fourth-order valence-electron chi connectivity index (χ4n) is 3.58. The Balaban J connectivity index is 1.44. The number of carbonyl (C=O) groups is 1. The largest absolute Gasteiger partial charge is 0.346 e. The minimum atomic E-state index is -0.105. The number of nitrogens with one attached hydrogen (secondary N) is 1. The van der Waals surface area contributed by atoms with Gasteiger partial charge in [-0.15, -0.1) is 0 Å². The number of hydrogen-bond donors (Lipinski definition) is 1. The number of aryl methyl sites for hydroxylation is 3. The SMILES string of the molecule is Cc1cc(C)n(-c2ccc(C(=O)NC(C)c3ccc(-n4ccnc4C)cc3)cc2)n1. The van der Waals surface area contributed by atoms with Crippen LogP contribution >= 0.6 is 0 Å². The van der Waals surface area contributed by atoms with E-state index in [1.54, 1.807) is 6.20 Å². The maximum Gasteiger partial charge on any atom is 0.251 e. The first kappa shape index (κ1) is 19.6. The molecule has 6 heteroatoms. The third kappa shape index (κ3) is 3.89. The van der Waals surface area contributed by atoms with Crippen LogP contribution in [0.4, 0.5) is 0 Å². The lowest BCUT2D eigenvalue weighted by atomic mass is 10.1. The van der Waals surface area contributed by atoms with Gasteiger partial charge in [0.1, 0.15) is 5.82 Å². The van der Waals surface area contributed by atoms with Crippen LogP contribution in [0, 0.1) is 20.8 Å². The number of rotatable bonds is 5. The van der Waals surface area contributed by atoms with Gasteiger partial charge in [-0.25, -0.2) is 9.67 Å². The second-order valence-electron chi connectivity index (χ2n) is 7.52. The quantitative estimate of drug-likeness (QED) is 0.538. The van der Waals surface area contributed by atoms with Crippen LogP contribution in [0.2, 0.25) is 0 Å². The summed E-state index contributed by atoms with van der Waals surface area (Å²) in [6.07, 6.45) is 3.72. The molecular weight excluding hydrogens is 374 g/mol. The molecule has 2 aromatic heterocycles. The molecule has 0 radical (unpaired) electrons. The Kier molecular flexibility index (Phi) is 5.23. The highest BCUT2D eigenvalue weighted by Gasteiger charge is 2.13. The number of benzene rings is 2. The van der Waals surface area contributed by atoms with E-state index in [0.717, 1.165) is 34.2 Å². The Labute approximate surface area is 176 Å². The van der Waals surface area contributed by atoms with Crippen molar-refractivity contribution in [2.75, 3.05) is 0 Å². The van der Waals surface area contributed by atoms with Gasteiger partial charge in [0.05, 0.1) is 17.4 Å². The Morgan fingerprint density at radius 1 is 0.967 bits per heavy atom. The van der Waals surface area contributed by atoms with Crippen molar-refractivity contribution in [3.63, 3.8) is 0 Å². The minimum Gasteiger partial charge on any atom is -0.346 e. The van der Waals surface area contributed by atoms with Crippen molar-refractivity contribution in [1.29, 1.82) is 0 Å². The molecule has 0 spiro atoms. The highest BCUT2D eigenvalue weighted by atomic mass is 16.1. The fraction of sp³-hybridized carbons (Fsp3) is 0.208. The summed E-state index contributed by atoms with van der Waals surface area (Å²) in [4.78, 5) is 17.0. The van der Waals surface area contributed by atoms with Crippen molar-refractivity contribution >= 4 is 5.91 Å². The predicted molar refractivity (Wildman–Crippen MR) is 117 cm³/mol. The number of amides is 1. The molecule has 1 atom stereocenters. The first-order chi connectivity index (χ1) is 14.4. The zero-order valence-electron chi connectivity index (χ0n) is 17.6. The topological polar surface area (TPSA) is 64.7 Å². The van der Waals surface area contributed by atoms with Gasteiger partial charge >= 0.3 is 0 Å². The number of nitrogens with zero attached hydrogens (tertiary/aromatic N) is 4. The molecule has 0 saturated heterocycles. The van der Waals surface area contributed by atoms with Gasteiger partial charge in [-0.05, 0) is 75.7 Å². The van der Waals surface area contributed by atoms with Gasteiger partial charge in [-0.3, -0.25) is 4.79 Å². The van der Waals surface area contributed by atoms with Crippen LogP contribution in [0.1, 0.15) is 46.1 Å². The average Bonchev–Trinajstić information content (AvgIpc) is 3.32. The van der Waals surface area contributed by atoms with E-state index in [4.69, 9.17) is 0 Å².